The maximum atomic E-state index is 12.5. The van der Waals surface area contributed by atoms with Gasteiger partial charge in [0.25, 0.3) is 11.6 Å². The van der Waals surface area contributed by atoms with Gasteiger partial charge in [0.1, 0.15) is 5.75 Å². The maximum Gasteiger partial charge on any atom is 0.271 e. The zero-order chi connectivity index (χ0) is 18.6. The van der Waals surface area contributed by atoms with Gasteiger partial charge in [0, 0.05) is 12.1 Å². The molecule has 0 saturated heterocycles. The molecule has 1 unspecified atom stereocenters. The van der Waals surface area contributed by atoms with Crippen molar-refractivity contribution in [2.24, 2.45) is 0 Å². The molecule has 0 radical (unpaired) electrons. The Hall–Kier alpha value is -2.60. The molecule has 2 aromatic rings. The molecule has 132 valence electrons. The third-order valence-electron chi connectivity index (χ3n) is 3.69. The van der Waals surface area contributed by atoms with Crippen LogP contribution >= 0.6 is 11.6 Å². The summed E-state index contributed by atoms with van der Waals surface area (Å²) in [5.74, 6) is 0.220. The van der Waals surface area contributed by atoms with E-state index in [-0.39, 0.29) is 16.4 Å². The van der Waals surface area contributed by atoms with E-state index in [0.717, 1.165) is 11.1 Å². The van der Waals surface area contributed by atoms with E-state index in [1.54, 1.807) is 0 Å². The summed E-state index contributed by atoms with van der Waals surface area (Å²) < 4.78 is 5.84. The second-order valence-corrected chi connectivity index (χ2v) is 6.10. The highest BCUT2D eigenvalue weighted by atomic mass is 35.5. The summed E-state index contributed by atoms with van der Waals surface area (Å²) in [5.41, 5.74) is 1.98. The molecule has 0 aliphatic rings. The molecule has 0 fully saturated rings. The lowest BCUT2D eigenvalue weighted by molar-refractivity contribution is -0.384. The van der Waals surface area contributed by atoms with Crippen LogP contribution in [0.25, 0.3) is 0 Å². The van der Waals surface area contributed by atoms with Crippen molar-refractivity contribution in [2.45, 2.75) is 33.3 Å². The smallest absolute Gasteiger partial charge is 0.271 e. The van der Waals surface area contributed by atoms with Gasteiger partial charge in [-0.15, -0.1) is 0 Å². The first-order chi connectivity index (χ1) is 11.8. The summed E-state index contributed by atoms with van der Waals surface area (Å²) in [4.78, 5) is 22.8. The number of ether oxygens (including phenoxy) is 1. The van der Waals surface area contributed by atoms with Crippen LogP contribution in [-0.2, 0) is 4.79 Å². The molecule has 1 amide bonds. The monoisotopic (exact) mass is 362 g/mol. The third kappa shape index (κ3) is 4.70. The highest BCUT2D eigenvalue weighted by Gasteiger charge is 2.21. The number of rotatable bonds is 6. The Bertz CT molecular complexity index is 808. The number of nitrogens with zero attached hydrogens (tertiary/aromatic N) is 1. The summed E-state index contributed by atoms with van der Waals surface area (Å²) in [6.07, 6.45) is -0.304. The van der Waals surface area contributed by atoms with E-state index >= 15 is 0 Å². The van der Waals surface area contributed by atoms with Gasteiger partial charge in [-0.2, -0.15) is 0 Å². The van der Waals surface area contributed by atoms with E-state index in [0.29, 0.717) is 12.2 Å². The summed E-state index contributed by atoms with van der Waals surface area (Å²) >= 11 is 6.02. The number of nitro groups is 1. The minimum absolute atomic E-state index is 0.150. The number of hydrogen-bond donors (Lipinski definition) is 1. The minimum atomic E-state index is -0.740. The van der Waals surface area contributed by atoms with Crippen LogP contribution in [0.3, 0.4) is 0 Å². The topological polar surface area (TPSA) is 81.5 Å². The standard InChI is InChI=1S/C18H19ClN2O4/c1-4-16(25-17-9-11(2)5-6-12(17)3)18(22)20-15-10-13(21(23)24)7-8-14(15)19/h5-10,16H,4H2,1-3H3,(H,20,22). The van der Waals surface area contributed by atoms with Crippen LogP contribution in [-0.4, -0.2) is 16.9 Å². The first-order valence-electron chi connectivity index (χ1n) is 7.80. The molecule has 1 N–H and O–H groups in total. The van der Waals surface area contributed by atoms with Crippen molar-refractivity contribution in [3.05, 3.63) is 62.7 Å². The highest BCUT2D eigenvalue weighted by molar-refractivity contribution is 6.33. The van der Waals surface area contributed by atoms with Gasteiger partial charge in [0.2, 0.25) is 0 Å². The number of halogens is 1. The van der Waals surface area contributed by atoms with E-state index in [9.17, 15) is 14.9 Å². The molecule has 6 nitrogen and oxygen atoms in total. The first-order valence-corrected chi connectivity index (χ1v) is 8.18. The molecule has 0 saturated carbocycles. The number of nitrogens with one attached hydrogen (secondary N) is 1. The van der Waals surface area contributed by atoms with E-state index in [1.807, 2.05) is 39.0 Å². The third-order valence-corrected chi connectivity index (χ3v) is 4.02. The van der Waals surface area contributed by atoms with E-state index in [4.69, 9.17) is 16.3 Å². The molecule has 1 atom stereocenters. The van der Waals surface area contributed by atoms with Crippen LogP contribution in [0.4, 0.5) is 11.4 Å². The van der Waals surface area contributed by atoms with E-state index < -0.39 is 16.9 Å². The van der Waals surface area contributed by atoms with E-state index in [2.05, 4.69) is 5.32 Å². The molecule has 2 aromatic carbocycles. The number of carbonyl (C=O) groups is 1. The normalized spacial score (nSPS) is 11.7. The fourth-order valence-electron chi connectivity index (χ4n) is 2.25. The molecule has 0 heterocycles. The number of nitro benzene ring substituents is 1. The fourth-order valence-corrected chi connectivity index (χ4v) is 2.41. The molecule has 0 aromatic heterocycles. The van der Waals surface area contributed by atoms with Crippen LogP contribution in [0.1, 0.15) is 24.5 Å². The quantitative estimate of drug-likeness (QED) is 0.598. The van der Waals surface area contributed by atoms with E-state index in [1.165, 1.54) is 18.2 Å². The average Bonchev–Trinajstić information content (AvgIpc) is 2.57. The summed E-state index contributed by atoms with van der Waals surface area (Å²) in [6, 6.07) is 9.64. The van der Waals surface area contributed by atoms with Crippen LogP contribution in [0, 0.1) is 24.0 Å². The Labute approximate surface area is 150 Å². The molecule has 0 bridgehead atoms. The Morgan fingerprint density at radius 2 is 2.00 bits per heavy atom. The van der Waals surface area contributed by atoms with Gasteiger partial charge in [-0.25, -0.2) is 0 Å². The number of benzene rings is 2. The van der Waals surface area contributed by atoms with Crippen LogP contribution in [0.2, 0.25) is 5.02 Å². The SMILES string of the molecule is CCC(Oc1cc(C)ccc1C)C(=O)Nc1cc([N+](=O)[O-])ccc1Cl. The second-order valence-electron chi connectivity index (χ2n) is 5.69. The average molecular weight is 363 g/mol. The molecule has 0 aliphatic carbocycles. The van der Waals surface area contributed by atoms with Crippen LogP contribution in [0.5, 0.6) is 5.75 Å². The lowest BCUT2D eigenvalue weighted by Crippen LogP contribution is -2.32. The van der Waals surface area contributed by atoms with Gasteiger partial charge in [-0.05, 0) is 43.5 Å². The summed E-state index contributed by atoms with van der Waals surface area (Å²) in [6.45, 7) is 5.66. The van der Waals surface area contributed by atoms with Crippen LogP contribution in [0.15, 0.2) is 36.4 Å². The van der Waals surface area contributed by atoms with Gasteiger partial charge in [-0.1, -0.05) is 30.7 Å². The molecular weight excluding hydrogens is 344 g/mol. The van der Waals surface area contributed by atoms with Gasteiger partial charge in [-0.3, -0.25) is 14.9 Å². The molecule has 0 spiro atoms. The van der Waals surface area contributed by atoms with Gasteiger partial charge < -0.3 is 10.1 Å². The van der Waals surface area contributed by atoms with Crippen molar-refractivity contribution < 1.29 is 14.5 Å². The molecular formula is C18H19ClN2O4. The number of non-ortho nitro benzene ring substituents is 1. The minimum Gasteiger partial charge on any atom is -0.480 e. The first kappa shape index (κ1) is 18.7. The largest absolute Gasteiger partial charge is 0.480 e. The van der Waals surface area contributed by atoms with Crippen molar-refractivity contribution in [1.29, 1.82) is 0 Å². The number of anilines is 1. The lowest BCUT2D eigenvalue weighted by Gasteiger charge is -2.19. The molecule has 2 rings (SSSR count). The van der Waals surface area contributed by atoms with Crippen molar-refractivity contribution in [2.75, 3.05) is 5.32 Å². The van der Waals surface area contributed by atoms with Crippen molar-refractivity contribution in [3.8, 4) is 5.75 Å². The number of amides is 1. The molecule has 25 heavy (non-hydrogen) atoms. The van der Waals surface area contributed by atoms with Crippen molar-refractivity contribution in [3.63, 3.8) is 0 Å². The second kappa shape index (κ2) is 7.98. The summed E-state index contributed by atoms with van der Waals surface area (Å²) in [5, 5.41) is 13.7. The zero-order valence-electron chi connectivity index (χ0n) is 14.2. The van der Waals surface area contributed by atoms with Gasteiger partial charge in [0.05, 0.1) is 15.6 Å². The van der Waals surface area contributed by atoms with Gasteiger partial charge >= 0.3 is 0 Å². The number of hydrogen-bond acceptors (Lipinski definition) is 4. The molecule has 7 heteroatoms. The maximum absolute atomic E-state index is 12.5. The van der Waals surface area contributed by atoms with Crippen molar-refractivity contribution >= 4 is 28.9 Å². The lowest BCUT2D eigenvalue weighted by atomic mass is 10.1. The predicted octanol–water partition coefficient (Wildman–Crippen LogP) is 4.66. The highest BCUT2D eigenvalue weighted by Crippen LogP contribution is 2.27. The predicted molar refractivity (Wildman–Crippen MR) is 97.4 cm³/mol. The Morgan fingerprint density at radius 3 is 2.64 bits per heavy atom. The number of aryl methyl sites for hydroxylation is 2. The van der Waals surface area contributed by atoms with Crippen molar-refractivity contribution in [1.82, 2.24) is 0 Å². The van der Waals surface area contributed by atoms with Crippen LogP contribution < -0.4 is 10.1 Å². The van der Waals surface area contributed by atoms with Gasteiger partial charge in [0.15, 0.2) is 6.10 Å². The zero-order valence-corrected chi connectivity index (χ0v) is 15.0. The summed E-state index contributed by atoms with van der Waals surface area (Å²) in [7, 11) is 0. The Kier molecular flexibility index (Phi) is 5.98. The fraction of sp³-hybridized carbons (Fsp3) is 0.278. The number of carbonyl (C=O) groups excluding carboxylic acids is 1. The Morgan fingerprint density at radius 1 is 1.28 bits per heavy atom. The molecule has 0 aliphatic heterocycles. The Balaban J connectivity index is 2.19.